The van der Waals surface area contributed by atoms with E-state index in [1.54, 1.807) is 48.8 Å². The van der Waals surface area contributed by atoms with Crippen LogP contribution in [0.4, 0.5) is 10.8 Å². The molecular weight excluding hydrogens is 398 g/mol. The Morgan fingerprint density at radius 2 is 1.93 bits per heavy atom. The van der Waals surface area contributed by atoms with Gasteiger partial charge in [-0.3, -0.25) is 9.52 Å². The third-order valence-electron chi connectivity index (χ3n) is 4.40. The van der Waals surface area contributed by atoms with Crippen LogP contribution in [0.2, 0.25) is 0 Å². The van der Waals surface area contributed by atoms with Gasteiger partial charge in [0.15, 0.2) is 11.7 Å². The van der Waals surface area contributed by atoms with E-state index in [1.165, 1.54) is 16.2 Å². The molecule has 0 saturated heterocycles. The molecule has 144 valence electrons. The Morgan fingerprint density at radius 1 is 1.18 bits per heavy atom. The van der Waals surface area contributed by atoms with Crippen molar-refractivity contribution in [1.82, 2.24) is 4.98 Å². The minimum Gasteiger partial charge on any atom is -0.482 e. The fourth-order valence-corrected chi connectivity index (χ4v) is 4.75. The molecule has 0 spiro atoms. The minimum atomic E-state index is -3.70. The van der Waals surface area contributed by atoms with Crippen molar-refractivity contribution in [2.24, 2.45) is 0 Å². The van der Waals surface area contributed by atoms with Gasteiger partial charge >= 0.3 is 0 Å². The average molecular weight is 415 g/mol. The third kappa shape index (κ3) is 3.46. The van der Waals surface area contributed by atoms with Crippen LogP contribution >= 0.6 is 11.3 Å². The van der Waals surface area contributed by atoms with E-state index in [9.17, 15) is 13.2 Å². The summed E-state index contributed by atoms with van der Waals surface area (Å²) in [5, 5.41) is 2.04. The van der Waals surface area contributed by atoms with E-state index in [2.05, 4.69) is 9.71 Å². The number of aromatic nitrogens is 1. The number of carbonyl (C=O) groups is 1. The Balaban J connectivity index is 1.60. The van der Waals surface area contributed by atoms with Gasteiger partial charge in [0.1, 0.15) is 5.75 Å². The van der Waals surface area contributed by atoms with Crippen LogP contribution in [-0.4, -0.2) is 33.0 Å². The molecule has 2 aromatic carbocycles. The summed E-state index contributed by atoms with van der Waals surface area (Å²) in [4.78, 5) is 17.9. The standard InChI is InChI=1S/C19H17N3O4S2/c1-12-3-6-14(7-4-12)28(24,25)21-19-20-15(11-27-19)13-5-8-17-16(9-13)22(2)18(23)10-26-17/h3-9,11H,10H2,1-2H3,(H,20,21). The number of likely N-dealkylation sites (N-methyl/N-ethyl adjacent to an activating group) is 1. The quantitative estimate of drug-likeness (QED) is 0.706. The van der Waals surface area contributed by atoms with Crippen molar-refractivity contribution in [3.63, 3.8) is 0 Å². The van der Waals surface area contributed by atoms with Crippen molar-refractivity contribution in [2.45, 2.75) is 11.8 Å². The smallest absolute Gasteiger partial charge is 0.264 e. The predicted octanol–water partition coefficient (Wildman–Crippen LogP) is 3.27. The third-order valence-corrected chi connectivity index (χ3v) is 6.64. The lowest BCUT2D eigenvalue weighted by atomic mass is 10.1. The predicted molar refractivity (Wildman–Crippen MR) is 108 cm³/mol. The number of carbonyl (C=O) groups excluding carboxylic acids is 1. The summed E-state index contributed by atoms with van der Waals surface area (Å²) in [7, 11) is -2.01. The molecule has 1 aromatic heterocycles. The van der Waals surface area contributed by atoms with Gasteiger partial charge in [0.25, 0.3) is 15.9 Å². The van der Waals surface area contributed by atoms with Gasteiger partial charge in [0, 0.05) is 18.0 Å². The highest BCUT2D eigenvalue weighted by Gasteiger charge is 2.23. The van der Waals surface area contributed by atoms with E-state index in [4.69, 9.17) is 4.74 Å². The number of sulfonamides is 1. The molecule has 1 amide bonds. The molecule has 0 bridgehead atoms. The van der Waals surface area contributed by atoms with E-state index in [0.29, 0.717) is 17.1 Å². The number of ether oxygens (including phenoxy) is 1. The van der Waals surface area contributed by atoms with Gasteiger partial charge in [-0.25, -0.2) is 13.4 Å². The number of fused-ring (bicyclic) bond motifs is 1. The lowest BCUT2D eigenvalue weighted by Crippen LogP contribution is -2.35. The number of hydrogen-bond acceptors (Lipinski definition) is 6. The molecule has 1 aliphatic heterocycles. The number of nitrogens with one attached hydrogen (secondary N) is 1. The Hall–Kier alpha value is -2.91. The van der Waals surface area contributed by atoms with E-state index < -0.39 is 10.0 Å². The van der Waals surface area contributed by atoms with Crippen molar-refractivity contribution in [3.8, 4) is 17.0 Å². The topological polar surface area (TPSA) is 88.6 Å². The SMILES string of the molecule is Cc1ccc(S(=O)(=O)Nc2nc(-c3ccc4c(c3)N(C)C(=O)CO4)cs2)cc1. The van der Waals surface area contributed by atoms with Crippen LogP contribution in [0, 0.1) is 6.92 Å². The second kappa shape index (κ2) is 6.92. The first-order valence-electron chi connectivity index (χ1n) is 8.42. The molecule has 0 radical (unpaired) electrons. The number of thiazole rings is 1. The molecule has 4 rings (SSSR count). The van der Waals surface area contributed by atoms with Crippen molar-refractivity contribution < 1.29 is 17.9 Å². The zero-order chi connectivity index (χ0) is 19.9. The monoisotopic (exact) mass is 415 g/mol. The molecular formula is C19H17N3O4S2. The summed E-state index contributed by atoms with van der Waals surface area (Å²) in [5.41, 5.74) is 3.01. The molecule has 0 unspecified atom stereocenters. The fourth-order valence-electron chi connectivity index (χ4n) is 2.78. The highest BCUT2D eigenvalue weighted by Crippen LogP contribution is 2.36. The molecule has 0 aliphatic carbocycles. The highest BCUT2D eigenvalue weighted by atomic mass is 32.2. The lowest BCUT2D eigenvalue weighted by Gasteiger charge is -2.26. The molecule has 1 N–H and O–H groups in total. The van der Waals surface area contributed by atoms with E-state index in [-0.39, 0.29) is 22.5 Å². The summed E-state index contributed by atoms with van der Waals surface area (Å²) < 4.78 is 33.0. The van der Waals surface area contributed by atoms with Gasteiger partial charge in [-0.1, -0.05) is 17.7 Å². The maximum Gasteiger partial charge on any atom is 0.264 e. The van der Waals surface area contributed by atoms with Crippen LogP contribution in [0.5, 0.6) is 5.75 Å². The van der Waals surface area contributed by atoms with Gasteiger partial charge in [0.05, 0.1) is 16.3 Å². The van der Waals surface area contributed by atoms with Crippen LogP contribution in [0.15, 0.2) is 52.7 Å². The van der Waals surface area contributed by atoms with Crippen molar-refractivity contribution >= 4 is 38.1 Å². The second-order valence-electron chi connectivity index (χ2n) is 6.38. The summed E-state index contributed by atoms with van der Waals surface area (Å²) in [6.45, 7) is 1.91. The van der Waals surface area contributed by atoms with E-state index in [0.717, 1.165) is 11.1 Å². The van der Waals surface area contributed by atoms with Crippen LogP contribution in [0.3, 0.4) is 0 Å². The van der Waals surface area contributed by atoms with Gasteiger partial charge in [-0.05, 0) is 37.3 Å². The summed E-state index contributed by atoms with van der Waals surface area (Å²) >= 11 is 1.19. The molecule has 3 aromatic rings. The first kappa shape index (κ1) is 18.5. The summed E-state index contributed by atoms with van der Waals surface area (Å²) in [5.74, 6) is 0.496. The van der Waals surface area contributed by atoms with Gasteiger partial charge in [-0.2, -0.15) is 0 Å². The number of anilines is 2. The lowest BCUT2D eigenvalue weighted by molar-refractivity contribution is -0.120. The number of nitrogens with zero attached hydrogens (tertiary/aromatic N) is 2. The van der Waals surface area contributed by atoms with Crippen LogP contribution in [0.1, 0.15) is 5.56 Å². The molecule has 0 saturated carbocycles. The van der Waals surface area contributed by atoms with E-state index >= 15 is 0 Å². The number of amides is 1. The highest BCUT2D eigenvalue weighted by molar-refractivity contribution is 7.93. The van der Waals surface area contributed by atoms with Crippen LogP contribution < -0.4 is 14.4 Å². The van der Waals surface area contributed by atoms with Gasteiger partial charge in [-0.15, -0.1) is 11.3 Å². The minimum absolute atomic E-state index is 0.0183. The Morgan fingerprint density at radius 3 is 2.68 bits per heavy atom. The summed E-state index contributed by atoms with van der Waals surface area (Å²) in [6, 6.07) is 12.0. The first-order chi connectivity index (χ1) is 13.3. The van der Waals surface area contributed by atoms with Gasteiger partial charge < -0.3 is 9.64 Å². The molecule has 0 fully saturated rings. The van der Waals surface area contributed by atoms with Crippen LogP contribution in [-0.2, 0) is 14.8 Å². The molecule has 1 aliphatic rings. The zero-order valence-corrected chi connectivity index (χ0v) is 16.8. The number of rotatable bonds is 4. The number of benzene rings is 2. The maximum absolute atomic E-state index is 12.5. The molecule has 28 heavy (non-hydrogen) atoms. The average Bonchev–Trinajstić information content (AvgIpc) is 3.13. The molecule has 9 heteroatoms. The molecule has 0 atom stereocenters. The van der Waals surface area contributed by atoms with Crippen LogP contribution in [0.25, 0.3) is 11.3 Å². The van der Waals surface area contributed by atoms with Crippen molar-refractivity contribution in [3.05, 3.63) is 53.4 Å². The zero-order valence-electron chi connectivity index (χ0n) is 15.2. The largest absolute Gasteiger partial charge is 0.482 e. The Labute approximate surface area is 166 Å². The van der Waals surface area contributed by atoms with Gasteiger partial charge in [0.2, 0.25) is 0 Å². The molecule has 7 nitrogen and oxygen atoms in total. The fraction of sp³-hybridized carbons (Fsp3) is 0.158. The number of aryl methyl sites for hydroxylation is 1. The Kier molecular flexibility index (Phi) is 4.56. The van der Waals surface area contributed by atoms with Crippen molar-refractivity contribution in [1.29, 1.82) is 0 Å². The maximum atomic E-state index is 12.5. The first-order valence-corrected chi connectivity index (χ1v) is 10.8. The number of hydrogen-bond donors (Lipinski definition) is 1. The second-order valence-corrected chi connectivity index (χ2v) is 8.92. The Bertz CT molecular complexity index is 1150. The van der Waals surface area contributed by atoms with E-state index in [1.807, 2.05) is 13.0 Å². The normalized spacial score (nSPS) is 13.8. The summed E-state index contributed by atoms with van der Waals surface area (Å²) in [6.07, 6.45) is 0. The molecule has 2 heterocycles. The van der Waals surface area contributed by atoms with Crippen molar-refractivity contribution in [2.75, 3.05) is 23.3 Å².